The Bertz CT molecular complexity index is 768. The third-order valence-corrected chi connectivity index (χ3v) is 5.82. The van der Waals surface area contributed by atoms with Gasteiger partial charge < -0.3 is 15.1 Å². The van der Waals surface area contributed by atoms with Crippen molar-refractivity contribution in [3.63, 3.8) is 0 Å². The zero-order valence-corrected chi connectivity index (χ0v) is 18.1. The minimum Gasteiger partial charge on any atom is -0.356 e. The van der Waals surface area contributed by atoms with E-state index in [2.05, 4.69) is 58.7 Å². The summed E-state index contributed by atoms with van der Waals surface area (Å²) in [7, 11) is 3.99. The second kappa shape index (κ2) is 10.9. The monoisotopic (exact) mass is 407 g/mol. The van der Waals surface area contributed by atoms with Crippen molar-refractivity contribution in [1.29, 1.82) is 0 Å². The Hall–Kier alpha value is -2.66. The smallest absolute Gasteiger partial charge is 0.224 e. The predicted molar refractivity (Wildman–Crippen MR) is 120 cm³/mol. The van der Waals surface area contributed by atoms with E-state index >= 15 is 0 Å². The fraction of sp³-hybridized carbons (Fsp3) is 0.440. The second-order valence-electron chi connectivity index (χ2n) is 8.33. The van der Waals surface area contributed by atoms with E-state index in [-0.39, 0.29) is 23.7 Å². The van der Waals surface area contributed by atoms with Crippen LogP contribution in [-0.2, 0) is 9.59 Å². The van der Waals surface area contributed by atoms with Crippen molar-refractivity contribution in [3.8, 4) is 0 Å². The lowest BCUT2D eigenvalue weighted by atomic mass is 9.88. The summed E-state index contributed by atoms with van der Waals surface area (Å²) < 4.78 is 0. The Morgan fingerprint density at radius 1 is 1.07 bits per heavy atom. The molecule has 5 heteroatoms. The molecule has 0 aliphatic carbocycles. The average molecular weight is 408 g/mol. The first-order valence-corrected chi connectivity index (χ1v) is 10.8. The summed E-state index contributed by atoms with van der Waals surface area (Å²) in [5.41, 5.74) is 2.52. The van der Waals surface area contributed by atoms with E-state index < -0.39 is 0 Å². The van der Waals surface area contributed by atoms with Crippen LogP contribution in [0.25, 0.3) is 0 Å². The van der Waals surface area contributed by atoms with Gasteiger partial charge in [0.15, 0.2) is 0 Å². The highest BCUT2D eigenvalue weighted by atomic mass is 16.2. The number of piperidine rings is 1. The van der Waals surface area contributed by atoms with Gasteiger partial charge in [-0.15, -0.1) is 0 Å². The van der Waals surface area contributed by atoms with Crippen molar-refractivity contribution in [1.82, 2.24) is 15.1 Å². The molecule has 0 unspecified atom stereocenters. The topological polar surface area (TPSA) is 52.6 Å². The number of carbonyl (C=O) groups is 2. The van der Waals surface area contributed by atoms with E-state index in [1.54, 1.807) is 0 Å². The van der Waals surface area contributed by atoms with Crippen molar-refractivity contribution in [2.24, 2.45) is 5.92 Å². The summed E-state index contributed by atoms with van der Waals surface area (Å²) in [4.78, 5) is 28.8. The molecule has 0 bridgehead atoms. The van der Waals surface area contributed by atoms with Crippen molar-refractivity contribution < 1.29 is 9.59 Å². The van der Waals surface area contributed by atoms with Crippen molar-refractivity contribution in [2.45, 2.75) is 25.2 Å². The largest absolute Gasteiger partial charge is 0.356 e. The summed E-state index contributed by atoms with van der Waals surface area (Å²) in [6, 6.07) is 20.9. The second-order valence-corrected chi connectivity index (χ2v) is 8.33. The summed E-state index contributed by atoms with van der Waals surface area (Å²) in [5, 5.41) is 3.14. The molecule has 3 rings (SSSR count). The quantitative estimate of drug-likeness (QED) is 0.695. The van der Waals surface area contributed by atoms with Crippen LogP contribution in [0.1, 0.15) is 36.3 Å². The molecule has 0 aromatic heterocycles. The van der Waals surface area contributed by atoms with Gasteiger partial charge in [0.05, 0.1) is 5.92 Å². The van der Waals surface area contributed by atoms with E-state index in [1.165, 1.54) is 11.1 Å². The predicted octanol–water partition coefficient (Wildman–Crippen LogP) is 3.13. The van der Waals surface area contributed by atoms with Crippen LogP contribution in [0.5, 0.6) is 0 Å². The number of nitrogens with zero attached hydrogens (tertiary/aromatic N) is 2. The molecule has 1 N–H and O–H groups in total. The minimum atomic E-state index is -0.114. The first-order chi connectivity index (χ1) is 14.5. The number of rotatable bonds is 9. The molecular weight excluding hydrogens is 374 g/mol. The van der Waals surface area contributed by atoms with Gasteiger partial charge in [0.2, 0.25) is 11.8 Å². The van der Waals surface area contributed by atoms with Crippen molar-refractivity contribution in [2.75, 3.05) is 40.3 Å². The summed E-state index contributed by atoms with van der Waals surface area (Å²) in [6.45, 7) is 2.64. The van der Waals surface area contributed by atoms with Gasteiger partial charge >= 0.3 is 0 Å². The molecule has 0 radical (unpaired) electrons. The molecule has 5 nitrogen and oxygen atoms in total. The number of hydrogen-bond acceptors (Lipinski definition) is 3. The molecule has 1 aliphatic heterocycles. The number of nitrogens with one attached hydrogen (secondary N) is 1. The van der Waals surface area contributed by atoms with Crippen molar-refractivity contribution in [3.05, 3.63) is 71.8 Å². The molecule has 160 valence electrons. The number of hydrogen-bond donors (Lipinski definition) is 1. The van der Waals surface area contributed by atoms with Crippen molar-refractivity contribution >= 4 is 11.8 Å². The first kappa shape index (κ1) is 22.0. The molecule has 1 aliphatic rings. The maximum Gasteiger partial charge on any atom is 0.224 e. The van der Waals surface area contributed by atoms with Crippen LogP contribution in [-0.4, -0.2) is 61.9 Å². The molecule has 1 fully saturated rings. The van der Waals surface area contributed by atoms with Crippen LogP contribution in [0, 0.1) is 5.92 Å². The van der Waals surface area contributed by atoms with E-state index in [0.717, 1.165) is 13.0 Å². The van der Waals surface area contributed by atoms with Crippen LogP contribution in [0.2, 0.25) is 0 Å². The summed E-state index contributed by atoms with van der Waals surface area (Å²) in [6.07, 6.45) is 1.95. The van der Waals surface area contributed by atoms with E-state index in [1.807, 2.05) is 31.1 Å². The van der Waals surface area contributed by atoms with Gasteiger partial charge in [0, 0.05) is 38.5 Å². The zero-order chi connectivity index (χ0) is 21.3. The van der Waals surface area contributed by atoms with Gasteiger partial charge in [0.1, 0.15) is 0 Å². The van der Waals surface area contributed by atoms with Crippen LogP contribution in [0.3, 0.4) is 0 Å². The molecule has 1 heterocycles. The maximum atomic E-state index is 12.8. The van der Waals surface area contributed by atoms with Crippen LogP contribution in [0.4, 0.5) is 0 Å². The van der Waals surface area contributed by atoms with Crippen LogP contribution < -0.4 is 5.32 Å². The molecule has 30 heavy (non-hydrogen) atoms. The van der Waals surface area contributed by atoms with Crippen LogP contribution in [0.15, 0.2) is 60.7 Å². The number of likely N-dealkylation sites (tertiary alicyclic amines) is 1. The van der Waals surface area contributed by atoms with Gasteiger partial charge in [-0.3, -0.25) is 9.59 Å². The lowest BCUT2D eigenvalue weighted by Gasteiger charge is -2.32. The Labute approximate surface area is 180 Å². The lowest BCUT2D eigenvalue weighted by Crippen LogP contribution is -2.47. The number of likely N-dealkylation sites (N-methyl/N-ethyl adjacent to an activating group) is 1. The molecule has 0 saturated carbocycles. The molecule has 0 spiro atoms. The van der Waals surface area contributed by atoms with E-state index in [9.17, 15) is 9.59 Å². The van der Waals surface area contributed by atoms with Gasteiger partial charge in [0.25, 0.3) is 0 Å². The Balaban J connectivity index is 1.56. The fourth-order valence-corrected chi connectivity index (χ4v) is 4.05. The third kappa shape index (κ3) is 6.17. The number of amides is 2. The minimum absolute atomic E-state index is 0.0669. The fourth-order valence-electron chi connectivity index (χ4n) is 4.05. The highest BCUT2D eigenvalue weighted by Crippen LogP contribution is 2.27. The van der Waals surface area contributed by atoms with Gasteiger partial charge in [-0.1, -0.05) is 60.7 Å². The normalized spacial score (nSPS) is 16.9. The van der Waals surface area contributed by atoms with Gasteiger partial charge in [-0.25, -0.2) is 0 Å². The SMILES string of the molecule is CN(C)CCN1C[C@@H](C(=O)NCCC(c2ccccc2)c2ccccc2)CCC1=O. The number of benzene rings is 2. The highest BCUT2D eigenvalue weighted by Gasteiger charge is 2.30. The molecule has 2 aromatic rings. The summed E-state index contributed by atoms with van der Waals surface area (Å²) in [5.74, 6) is 0.361. The van der Waals surface area contributed by atoms with E-state index in [0.29, 0.717) is 32.5 Å². The first-order valence-electron chi connectivity index (χ1n) is 10.8. The van der Waals surface area contributed by atoms with Gasteiger partial charge in [-0.05, 0) is 38.1 Å². The Morgan fingerprint density at radius 2 is 1.67 bits per heavy atom. The lowest BCUT2D eigenvalue weighted by molar-refractivity contribution is -0.138. The third-order valence-electron chi connectivity index (χ3n) is 5.82. The Morgan fingerprint density at radius 3 is 2.23 bits per heavy atom. The van der Waals surface area contributed by atoms with Crippen LogP contribution >= 0.6 is 0 Å². The molecular formula is C25H33N3O2. The number of carbonyl (C=O) groups excluding carboxylic acids is 2. The molecule has 2 amide bonds. The standard InChI is InChI=1S/C25H33N3O2/c1-27(2)17-18-28-19-22(13-14-24(28)29)25(30)26-16-15-23(20-9-5-3-6-10-20)21-11-7-4-8-12-21/h3-12,22-23H,13-19H2,1-2H3,(H,26,30)/t22-/m0/s1. The Kier molecular flexibility index (Phi) is 8.03. The molecule has 1 atom stereocenters. The zero-order valence-electron chi connectivity index (χ0n) is 18.1. The van der Waals surface area contributed by atoms with Gasteiger partial charge in [-0.2, -0.15) is 0 Å². The summed E-state index contributed by atoms with van der Waals surface area (Å²) >= 11 is 0. The average Bonchev–Trinajstić information content (AvgIpc) is 2.77. The molecule has 2 aromatic carbocycles. The maximum absolute atomic E-state index is 12.8. The van der Waals surface area contributed by atoms with E-state index in [4.69, 9.17) is 0 Å². The molecule has 1 saturated heterocycles. The highest BCUT2D eigenvalue weighted by molar-refractivity contribution is 5.83.